The van der Waals surface area contributed by atoms with E-state index in [4.69, 9.17) is 4.74 Å². The molecule has 2 aromatic carbocycles. The third kappa shape index (κ3) is 1.82. The average Bonchev–Trinajstić information content (AvgIpc) is 2.28. The molecule has 2 rings (SSSR count). The first-order chi connectivity index (χ1) is 7.72. The van der Waals surface area contributed by atoms with Gasteiger partial charge >= 0.3 is 5.97 Å². The number of carbonyl (C=O) groups is 1. The van der Waals surface area contributed by atoms with E-state index in [-0.39, 0.29) is 5.97 Å². The van der Waals surface area contributed by atoms with Gasteiger partial charge in [0.1, 0.15) is 5.75 Å². The molecule has 0 saturated carbocycles. The Bertz CT molecular complexity index is 556. The second-order valence-corrected chi connectivity index (χ2v) is 3.50. The topological polar surface area (TPSA) is 26.3 Å². The monoisotopic (exact) mass is 212 g/mol. The number of esters is 1. The van der Waals surface area contributed by atoms with E-state index < -0.39 is 0 Å². The zero-order chi connectivity index (χ0) is 11.5. The molecule has 0 aliphatic carbocycles. The molecule has 0 aliphatic heterocycles. The first kappa shape index (κ1) is 10.4. The first-order valence-electron chi connectivity index (χ1n) is 5.05. The largest absolute Gasteiger partial charge is 0.426 e. The SMILES string of the molecule is C=Cc1cccc2c(OC(C)=O)cccc12. The van der Waals surface area contributed by atoms with E-state index in [2.05, 4.69) is 6.58 Å². The summed E-state index contributed by atoms with van der Waals surface area (Å²) in [6.45, 7) is 5.16. The third-order valence-corrected chi connectivity index (χ3v) is 2.39. The van der Waals surface area contributed by atoms with Gasteiger partial charge in [-0.2, -0.15) is 0 Å². The fraction of sp³-hybridized carbons (Fsp3) is 0.0714. The fourth-order valence-electron chi connectivity index (χ4n) is 1.73. The van der Waals surface area contributed by atoms with Gasteiger partial charge in [-0.1, -0.05) is 43.0 Å². The molecule has 0 aliphatic rings. The molecule has 0 saturated heterocycles. The molecule has 2 aromatic rings. The minimum Gasteiger partial charge on any atom is -0.426 e. The van der Waals surface area contributed by atoms with Crippen molar-refractivity contribution in [3.63, 3.8) is 0 Å². The standard InChI is InChI=1S/C14H12O2/c1-3-11-6-4-8-13-12(11)7-5-9-14(13)16-10(2)15/h3-9H,1H2,2H3. The Labute approximate surface area is 94.2 Å². The maximum atomic E-state index is 11.0. The van der Waals surface area contributed by atoms with Crippen LogP contribution in [0, 0.1) is 0 Å². The van der Waals surface area contributed by atoms with E-state index in [0.717, 1.165) is 16.3 Å². The van der Waals surface area contributed by atoms with Gasteiger partial charge in [-0.05, 0) is 17.0 Å². The van der Waals surface area contributed by atoms with Gasteiger partial charge in [0.05, 0.1) is 0 Å². The van der Waals surface area contributed by atoms with Crippen molar-refractivity contribution in [2.75, 3.05) is 0 Å². The van der Waals surface area contributed by atoms with Crippen LogP contribution >= 0.6 is 0 Å². The minimum absolute atomic E-state index is 0.309. The maximum Gasteiger partial charge on any atom is 0.308 e. The molecule has 0 N–H and O–H groups in total. The molecule has 80 valence electrons. The van der Waals surface area contributed by atoms with E-state index in [0.29, 0.717) is 5.75 Å². The lowest BCUT2D eigenvalue weighted by molar-refractivity contribution is -0.131. The summed E-state index contributed by atoms with van der Waals surface area (Å²) >= 11 is 0. The zero-order valence-electron chi connectivity index (χ0n) is 9.07. The van der Waals surface area contributed by atoms with Gasteiger partial charge in [-0.25, -0.2) is 0 Å². The Balaban J connectivity index is 2.68. The molecule has 2 nitrogen and oxygen atoms in total. The Morgan fingerprint density at radius 3 is 2.56 bits per heavy atom. The molecule has 16 heavy (non-hydrogen) atoms. The van der Waals surface area contributed by atoms with E-state index in [1.54, 1.807) is 12.1 Å². The number of hydrogen-bond donors (Lipinski definition) is 0. The lowest BCUT2D eigenvalue weighted by atomic mass is 10.0. The normalized spacial score (nSPS) is 10.1. The quantitative estimate of drug-likeness (QED) is 0.563. The summed E-state index contributed by atoms with van der Waals surface area (Å²) in [5, 5.41) is 1.96. The summed E-state index contributed by atoms with van der Waals surface area (Å²) in [5.74, 6) is 0.283. The van der Waals surface area contributed by atoms with Gasteiger partial charge in [0.15, 0.2) is 0 Å². The highest BCUT2D eigenvalue weighted by Gasteiger charge is 2.05. The predicted octanol–water partition coefficient (Wildman–Crippen LogP) is 3.41. The number of benzene rings is 2. The highest BCUT2D eigenvalue weighted by molar-refractivity contribution is 5.95. The Morgan fingerprint density at radius 2 is 1.88 bits per heavy atom. The fourth-order valence-corrected chi connectivity index (χ4v) is 1.73. The number of rotatable bonds is 2. The molecule has 0 heterocycles. The summed E-state index contributed by atoms with van der Waals surface area (Å²) in [6.07, 6.45) is 1.79. The van der Waals surface area contributed by atoms with Crippen LogP contribution < -0.4 is 4.74 Å². The molecule has 0 radical (unpaired) electrons. The molecular weight excluding hydrogens is 200 g/mol. The maximum absolute atomic E-state index is 11.0. The molecule has 0 fully saturated rings. The van der Waals surface area contributed by atoms with Crippen molar-refractivity contribution in [2.45, 2.75) is 6.92 Å². The molecule has 0 bridgehead atoms. The van der Waals surface area contributed by atoms with Gasteiger partial charge < -0.3 is 4.74 Å². The summed E-state index contributed by atoms with van der Waals surface area (Å²) in [4.78, 5) is 11.0. The lowest BCUT2D eigenvalue weighted by Crippen LogP contribution is -2.01. The van der Waals surface area contributed by atoms with Crippen molar-refractivity contribution >= 4 is 22.8 Å². The second-order valence-electron chi connectivity index (χ2n) is 3.50. The number of fused-ring (bicyclic) bond motifs is 1. The van der Waals surface area contributed by atoms with Crippen LogP contribution in [0.25, 0.3) is 16.8 Å². The highest BCUT2D eigenvalue weighted by atomic mass is 16.5. The molecule has 0 unspecified atom stereocenters. The van der Waals surface area contributed by atoms with Crippen LogP contribution in [0.4, 0.5) is 0 Å². The Kier molecular flexibility index (Phi) is 2.73. The van der Waals surface area contributed by atoms with Gasteiger partial charge in [-0.15, -0.1) is 0 Å². The summed E-state index contributed by atoms with van der Waals surface area (Å²) < 4.78 is 5.15. The van der Waals surface area contributed by atoms with Crippen LogP contribution in [-0.4, -0.2) is 5.97 Å². The van der Waals surface area contributed by atoms with Crippen molar-refractivity contribution < 1.29 is 9.53 Å². The van der Waals surface area contributed by atoms with Crippen molar-refractivity contribution in [3.8, 4) is 5.75 Å². The smallest absolute Gasteiger partial charge is 0.308 e. The van der Waals surface area contributed by atoms with E-state index in [9.17, 15) is 4.79 Å². The van der Waals surface area contributed by atoms with Crippen molar-refractivity contribution in [1.29, 1.82) is 0 Å². The third-order valence-electron chi connectivity index (χ3n) is 2.39. The molecule has 0 atom stereocenters. The summed E-state index contributed by atoms with van der Waals surface area (Å²) in [7, 11) is 0. The van der Waals surface area contributed by atoms with E-state index >= 15 is 0 Å². The van der Waals surface area contributed by atoms with Gasteiger partial charge in [0.25, 0.3) is 0 Å². The van der Waals surface area contributed by atoms with Crippen molar-refractivity contribution in [3.05, 3.63) is 48.5 Å². The van der Waals surface area contributed by atoms with Crippen LogP contribution in [0.1, 0.15) is 12.5 Å². The molecule has 0 aromatic heterocycles. The Morgan fingerprint density at radius 1 is 1.19 bits per heavy atom. The van der Waals surface area contributed by atoms with Crippen LogP contribution in [0.2, 0.25) is 0 Å². The lowest BCUT2D eigenvalue weighted by Gasteiger charge is -2.07. The van der Waals surface area contributed by atoms with Crippen LogP contribution in [0.15, 0.2) is 43.0 Å². The zero-order valence-corrected chi connectivity index (χ0v) is 9.07. The van der Waals surface area contributed by atoms with Crippen LogP contribution in [0.3, 0.4) is 0 Å². The molecule has 0 amide bonds. The van der Waals surface area contributed by atoms with Crippen molar-refractivity contribution in [2.24, 2.45) is 0 Å². The van der Waals surface area contributed by atoms with Gasteiger partial charge in [0, 0.05) is 12.3 Å². The number of carbonyl (C=O) groups excluding carboxylic acids is 1. The predicted molar refractivity (Wildman–Crippen MR) is 65.3 cm³/mol. The molecule has 2 heteroatoms. The van der Waals surface area contributed by atoms with E-state index in [1.165, 1.54) is 6.92 Å². The minimum atomic E-state index is -0.309. The van der Waals surface area contributed by atoms with Crippen LogP contribution in [0.5, 0.6) is 5.75 Å². The van der Waals surface area contributed by atoms with E-state index in [1.807, 2.05) is 30.3 Å². The van der Waals surface area contributed by atoms with Gasteiger partial charge in [0.2, 0.25) is 0 Å². The average molecular weight is 212 g/mol. The molecule has 0 spiro atoms. The number of ether oxygens (including phenoxy) is 1. The number of hydrogen-bond acceptors (Lipinski definition) is 2. The summed E-state index contributed by atoms with van der Waals surface area (Å²) in [6, 6.07) is 11.5. The van der Waals surface area contributed by atoms with Crippen LogP contribution in [-0.2, 0) is 4.79 Å². The second kappa shape index (κ2) is 4.19. The van der Waals surface area contributed by atoms with Crippen molar-refractivity contribution in [1.82, 2.24) is 0 Å². The summed E-state index contributed by atoms with van der Waals surface area (Å²) in [5.41, 5.74) is 1.03. The Hall–Kier alpha value is -2.09. The first-order valence-corrected chi connectivity index (χ1v) is 5.05. The highest BCUT2D eigenvalue weighted by Crippen LogP contribution is 2.28. The van der Waals surface area contributed by atoms with Gasteiger partial charge in [-0.3, -0.25) is 4.79 Å². The molecular formula is C14H12O2.